The Bertz CT molecular complexity index is 368. The average molecular weight is 179 g/mol. The van der Waals surface area contributed by atoms with Gasteiger partial charge in [-0.25, -0.2) is 0 Å². The smallest absolute Gasteiger partial charge is 0.254 e. The van der Waals surface area contributed by atoms with Crippen LogP contribution in [0.15, 0.2) is 23.0 Å². The largest absolute Gasteiger partial charge is 0.400 e. The molecule has 5 N–H and O–H groups in total. The first kappa shape index (κ1) is 7.85. The lowest BCUT2D eigenvalue weighted by molar-refractivity contribution is -0.125. The standard InChI is InChI=1S/C8H9N3O2/c9-5-1-3-4(2-6(5)10)8(13)11-7(3)12/h1,4H,2,9-10H2,(H,11,12,13). The Morgan fingerprint density at radius 3 is 2.77 bits per heavy atom. The summed E-state index contributed by atoms with van der Waals surface area (Å²) in [4.78, 5) is 22.3. The highest BCUT2D eigenvalue weighted by molar-refractivity contribution is 6.15. The van der Waals surface area contributed by atoms with Gasteiger partial charge >= 0.3 is 0 Å². The van der Waals surface area contributed by atoms with Crippen LogP contribution in [0.1, 0.15) is 6.42 Å². The van der Waals surface area contributed by atoms with Crippen molar-refractivity contribution in [3.05, 3.63) is 23.0 Å². The van der Waals surface area contributed by atoms with Crippen LogP contribution in [0.25, 0.3) is 0 Å². The van der Waals surface area contributed by atoms with Gasteiger partial charge < -0.3 is 11.5 Å². The van der Waals surface area contributed by atoms with Gasteiger partial charge in [-0.2, -0.15) is 0 Å². The van der Waals surface area contributed by atoms with Crippen molar-refractivity contribution < 1.29 is 9.59 Å². The Morgan fingerprint density at radius 2 is 2.08 bits per heavy atom. The Morgan fingerprint density at radius 1 is 1.38 bits per heavy atom. The monoisotopic (exact) mass is 179 g/mol. The van der Waals surface area contributed by atoms with Crippen LogP contribution in [-0.2, 0) is 9.59 Å². The molecule has 0 aromatic rings. The summed E-state index contributed by atoms with van der Waals surface area (Å²) in [5.41, 5.74) is 12.4. The van der Waals surface area contributed by atoms with Crippen LogP contribution < -0.4 is 16.8 Å². The molecule has 2 aliphatic rings. The topological polar surface area (TPSA) is 98.2 Å². The number of rotatable bonds is 0. The summed E-state index contributed by atoms with van der Waals surface area (Å²) < 4.78 is 0. The summed E-state index contributed by atoms with van der Waals surface area (Å²) in [5, 5.41) is 2.22. The molecule has 1 atom stereocenters. The predicted octanol–water partition coefficient (Wildman–Crippen LogP) is -1.28. The molecule has 5 heteroatoms. The van der Waals surface area contributed by atoms with E-state index < -0.39 is 5.92 Å². The number of nitrogens with one attached hydrogen (secondary N) is 1. The molecule has 68 valence electrons. The molecular weight excluding hydrogens is 170 g/mol. The fourth-order valence-corrected chi connectivity index (χ4v) is 1.54. The summed E-state index contributed by atoms with van der Waals surface area (Å²) in [5.74, 6) is -1.07. The van der Waals surface area contributed by atoms with Crippen LogP contribution in [0, 0.1) is 5.92 Å². The Balaban J connectivity index is 2.45. The van der Waals surface area contributed by atoms with Crippen molar-refractivity contribution in [2.45, 2.75) is 6.42 Å². The van der Waals surface area contributed by atoms with E-state index in [1.807, 2.05) is 0 Å². The maximum Gasteiger partial charge on any atom is 0.254 e. The number of allylic oxidation sites excluding steroid dienone is 2. The zero-order chi connectivity index (χ0) is 9.59. The number of carbonyl (C=O) groups excluding carboxylic acids is 2. The van der Waals surface area contributed by atoms with Crippen LogP contribution >= 0.6 is 0 Å². The maximum absolute atomic E-state index is 11.2. The molecule has 5 nitrogen and oxygen atoms in total. The molecule has 0 spiro atoms. The Hall–Kier alpha value is -1.78. The molecule has 1 saturated heterocycles. The molecule has 13 heavy (non-hydrogen) atoms. The van der Waals surface area contributed by atoms with Gasteiger partial charge in [0.05, 0.1) is 11.6 Å². The summed E-state index contributed by atoms with van der Waals surface area (Å²) in [6.45, 7) is 0. The third-order valence-electron chi connectivity index (χ3n) is 2.30. The third kappa shape index (κ3) is 1.00. The van der Waals surface area contributed by atoms with Gasteiger partial charge in [-0.3, -0.25) is 14.9 Å². The molecular formula is C8H9N3O2. The number of hydrogen-bond acceptors (Lipinski definition) is 4. The van der Waals surface area contributed by atoms with Crippen molar-refractivity contribution in [1.82, 2.24) is 5.32 Å². The lowest BCUT2D eigenvalue weighted by Gasteiger charge is -2.15. The predicted molar refractivity (Wildman–Crippen MR) is 44.7 cm³/mol. The number of imide groups is 1. The lowest BCUT2D eigenvalue weighted by Crippen LogP contribution is -2.24. The van der Waals surface area contributed by atoms with Crippen molar-refractivity contribution >= 4 is 11.8 Å². The second kappa shape index (κ2) is 2.35. The van der Waals surface area contributed by atoms with E-state index in [1.54, 1.807) is 0 Å². The zero-order valence-corrected chi connectivity index (χ0v) is 6.83. The zero-order valence-electron chi connectivity index (χ0n) is 6.83. The van der Waals surface area contributed by atoms with Gasteiger partial charge in [0.1, 0.15) is 0 Å². The minimum absolute atomic E-state index is 0.285. The van der Waals surface area contributed by atoms with Gasteiger partial charge in [-0.05, 0) is 6.08 Å². The van der Waals surface area contributed by atoms with Crippen molar-refractivity contribution in [1.29, 1.82) is 0 Å². The van der Waals surface area contributed by atoms with Crippen molar-refractivity contribution in [3.63, 3.8) is 0 Å². The summed E-state index contributed by atoms with van der Waals surface area (Å²) in [6, 6.07) is 0. The highest BCUT2D eigenvalue weighted by Crippen LogP contribution is 2.29. The Labute approximate surface area is 74.5 Å². The number of amides is 2. The molecule has 1 heterocycles. The summed E-state index contributed by atoms with van der Waals surface area (Å²) in [6.07, 6.45) is 1.82. The normalized spacial score (nSPS) is 27.1. The second-order valence-electron chi connectivity index (χ2n) is 3.16. The van der Waals surface area contributed by atoms with Gasteiger partial charge in [0.25, 0.3) is 5.91 Å². The van der Waals surface area contributed by atoms with Crippen LogP contribution in [0.2, 0.25) is 0 Å². The van der Waals surface area contributed by atoms with E-state index in [1.165, 1.54) is 6.08 Å². The van der Waals surface area contributed by atoms with E-state index in [9.17, 15) is 9.59 Å². The SMILES string of the molecule is NC1=C(N)CC2C(=O)NC(=O)C2=C1. The highest BCUT2D eigenvalue weighted by Gasteiger charge is 2.38. The molecule has 1 aliphatic carbocycles. The average Bonchev–Trinajstić information content (AvgIpc) is 2.31. The van der Waals surface area contributed by atoms with E-state index in [4.69, 9.17) is 11.5 Å². The van der Waals surface area contributed by atoms with E-state index in [0.29, 0.717) is 23.4 Å². The van der Waals surface area contributed by atoms with Crippen molar-refractivity contribution in [2.75, 3.05) is 0 Å². The van der Waals surface area contributed by atoms with E-state index in [0.717, 1.165) is 0 Å². The van der Waals surface area contributed by atoms with Crippen molar-refractivity contribution in [3.8, 4) is 0 Å². The second-order valence-corrected chi connectivity index (χ2v) is 3.16. The molecule has 0 radical (unpaired) electrons. The van der Waals surface area contributed by atoms with Gasteiger partial charge in [-0.15, -0.1) is 0 Å². The number of carbonyl (C=O) groups is 2. The lowest BCUT2D eigenvalue weighted by atomic mass is 9.90. The number of hydrogen-bond donors (Lipinski definition) is 3. The molecule has 0 aromatic carbocycles. The Kier molecular flexibility index (Phi) is 1.42. The van der Waals surface area contributed by atoms with E-state index in [-0.39, 0.29) is 11.8 Å². The highest BCUT2D eigenvalue weighted by atomic mass is 16.2. The summed E-state index contributed by atoms with van der Waals surface area (Å²) in [7, 11) is 0. The van der Waals surface area contributed by atoms with Crippen LogP contribution in [0.4, 0.5) is 0 Å². The third-order valence-corrected chi connectivity index (χ3v) is 2.30. The van der Waals surface area contributed by atoms with Gasteiger partial charge in [-0.1, -0.05) is 0 Å². The molecule has 2 rings (SSSR count). The first-order valence-corrected chi connectivity index (χ1v) is 3.90. The molecule has 0 bridgehead atoms. The summed E-state index contributed by atoms with van der Waals surface area (Å²) >= 11 is 0. The molecule has 2 amide bonds. The molecule has 0 aromatic heterocycles. The van der Waals surface area contributed by atoms with Crippen molar-refractivity contribution in [2.24, 2.45) is 17.4 Å². The first-order valence-electron chi connectivity index (χ1n) is 3.90. The fraction of sp³-hybridized carbons (Fsp3) is 0.250. The van der Waals surface area contributed by atoms with Gasteiger partial charge in [0, 0.05) is 17.7 Å². The molecule has 1 fully saturated rings. The molecule has 1 unspecified atom stereocenters. The maximum atomic E-state index is 11.2. The number of fused-ring (bicyclic) bond motifs is 1. The first-order chi connectivity index (χ1) is 6.09. The fourth-order valence-electron chi connectivity index (χ4n) is 1.54. The van der Waals surface area contributed by atoms with Crippen LogP contribution in [-0.4, -0.2) is 11.8 Å². The van der Waals surface area contributed by atoms with Crippen LogP contribution in [0.5, 0.6) is 0 Å². The van der Waals surface area contributed by atoms with E-state index in [2.05, 4.69) is 5.32 Å². The van der Waals surface area contributed by atoms with Gasteiger partial charge in [0.15, 0.2) is 0 Å². The minimum Gasteiger partial charge on any atom is -0.400 e. The number of nitrogens with two attached hydrogens (primary N) is 2. The van der Waals surface area contributed by atoms with Crippen LogP contribution in [0.3, 0.4) is 0 Å². The van der Waals surface area contributed by atoms with E-state index >= 15 is 0 Å². The van der Waals surface area contributed by atoms with Gasteiger partial charge in [0.2, 0.25) is 5.91 Å². The quantitative estimate of drug-likeness (QED) is 0.403. The molecule has 1 aliphatic heterocycles. The minimum atomic E-state index is -0.431. The molecule has 0 saturated carbocycles.